The lowest BCUT2D eigenvalue weighted by Gasteiger charge is -2.13. The van der Waals surface area contributed by atoms with Gasteiger partial charge in [-0.3, -0.25) is 4.79 Å². The maximum atomic E-state index is 14.6. The number of Topliss-reactive ketones (excluding diaryl/α,β-unsaturated/α-hetero) is 1. The molecular weight excluding hydrogens is 402 g/mol. The van der Waals surface area contributed by atoms with Crippen molar-refractivity contribution >= 4 is 5.78 Å². The molecule has 1 aliphatic carbocycles. The quantitative estimate of drug-likeness (QED) is 0.442. The maximum Gasteiger partial charge on any atom is 0.161 e. The summed E-state index contributed by atoms with van der Waals surface area (Å²) in [5, 5.41) is 0. The van der Waals surface area contributed by atoms with E-state index in [-0.39, 0.29) is 17.6 Å². The van der Waals surface area contributed by atoms with Gasteiger partial charge in [0.25, 0.3) is 0 Å². The summed E-state index contributed by atoms with van der Waals surface area (Å²) in [6.07, 6.45) is 0.846. The van der Waals surface area contributed by atoms with Crippen LogP contribution in [-0.4, -0.2) is 19.5 Å². The summed E-state index contributed by atoms with van der Waals surface area (Å²) < 4.78 is 44.9. The van der Waals surface area contributed by atoms with Gasteiger partial charge in [0.2, 0.25) is 0 Å². The number of rotatable bonds is 8. The van der Waals surface area contributed by atoms with E-state index in [1.54, 1.807) is 43.3 Å². The van der Waals surface area contributed by atoms with E-state index >= 15 is 0 Å². The molecule has 0 bridgehead atoms. The number of halogens is 2. The third kappa shape index (κ3) is 4.85. The second-order valence-electron chi connectivity index (χ2n) is 7.59. The average molecular weight is 424 g/mol. The summed E-state index contributed by atoms with van der Waals surface area (Å²) in [5.74, 6) is 1.36. The fourth-order valence-corrected chi connectivity index (χ4v) is 3.54. The van der Waals surface area contributed by atoms with Crippen molar-refractivity contribution < 1.29 is 27.8 Å². The van der Waals surface area contributed by atoms with Crippen LogP contribution in [0.1, 0.15) is 13.3 Å². The smallest absolute Gasteiger partial charge is 0.161 e. The number of ether oxygens (including phenoxy) is 3. The number of carbonyl (C=O) groups excluding carboxylic acids is 1. The van der Waals surface area contributed by atoms with Crippen LogP contribution in [0, 0.1) is 23.5 Å². The van der Waals surface area contributed by atoms with Gasteiger partial charge in [0, 0.05) is 23.5 Å². The first-order valence-corrected chi connectivity index (χ1v) is 9.99. The SMILES string of the molecule is COc1cc(-c2cc(Oc3cccc(F)c3)ccc2F)ccc1OCC1CC1C(C)=O. The first kappa shape index (κ1) is 20.8. The molecule has 2 unspecified atom stereocenters. The summed E-state index contributed by atoms with van der Waals surface area (Å²) in [6, 6.07) is 15.2. The van der Waals surface area contributed by atoms with E-state index in [1.807, 2.05) is 0 Å². The Morgan fingerprint density at radius 2 is 1.81 bits per heavy atom. The number of methoxy groups -OCH3 is 1. The standard InChI is InChI=1S/C25H22F2O4/c1-15(28)21-10-17(21)14-30-24-9-6-16(11-25(24)29-2)22-13-20(7-8-23(22)27)31-19-5-3-4-18(26)12-19/h3-9,11-13,17,21H,10,14H2,1-2H3. The monoisotopic (exact) mass is 424 g/mol. The molecule has 1 fully saturated rings. The number of benzene rings is 3. The largest absolute Gasteiger partial charge is 0.493 e. The van der Waals surface area contributed by atoms with Crippen LogP contribution in [0.4, 0.5) is 8.78 Å². The molecule has 3 aromatic carbocycles. The van der Waals surface area contributed by atoms with E-state index in [4.69, 9.17) is 14.2 Å². The van der Waals surface area contributed by atoms with Gasteiger partial charge in [-0.2, -0.15) is 0 Å². The van der Waals surface area contributed by atoms with Crippen molar-refractivity contribution in [2.45, 2.75) is 13.3 Å². The van der Waals surface area contributed by atoms with Crippen LogP contribution in [0.2, 0.25) is 0 Å². The fraction of sp³-hybridized carbons (Fsp3) is 0.240. The van der Waals surface area contributed by atoms with E-state index in [1.165, 1.54) is 31.4 Å². The Balaban J connectivity index is 1.53. The normalized spacial score (nSPS) is 17.2. The van der Waals surface area contributed by atoms with Crippen molar-refractivity contribution in [3.8, 4) is 34.1 Å². The van der Waals surface area contributed by atoms with E-state index in [0.717, 1.165) is 6.42 Å². The predicted molar refractivity (Wildman–Crippen MR) is 113 cm³/mol. The molecule has 160 valence electrons. The molecule has 4 rings (SSSR count). The van der Waals surface area contributed by atoms with E-state index < -0.39 is 11.6 Å². The molecule has 6 heteroatoms. The number of carbonyl (C=O) groups is 1. The molecule has 4 nitrogen and oxygen atoms in total. The maximum absolute atomic E-state index is 14.6. The molecule has 0 heterocycles. The topological polar surface area (TPSA) is 44.8 Å². The highest BCUT2D eigenvalue weighted by Gasteiger charge is 2.41. The molecule has 31 heavy (non-hydrogen) atoms. The van der Waals surface area contributed by atoms with E-state index in [2.05, 4.69) is 0 Å². The van der Waals surface area contributed by atoms with Crippen LogP contribution >= 0.6 is 0 Å². The molecule has 1 aliphatic rings. The van der Waals surface area contributed by atoms with Gasteiger partial charge in [0.05, 0.1) is 13.7 Å². The van der Waals surface area contributed by atoms with Crippen LogP contribution in [0.25, 0.3) is 11.1 Å². The van der Waals surface area contributed by atoms with E-state index in [9.17, 15) is 13.6 Å². The van der Waals surface area contributed by atoms with Crippen LogP contribution in [0.3, 0.4) is 0 Å². The summed E-state index contributed by atoms with van der Waals surface area (Å²) in [6.45, 7) is 2.03. The highest BCUT2D eigenvalue weighted by molar-refractivity contribution is 5.81. The fourth-order valence-electron chi connectivity index (χ4n) is 3.54. The second-order valence-corrected chi connectivity index (χ2v) is 7.59. The lowest BCUT2D eigenvalue weighted by atomic mass is 10.0. The minimum Gasteiger partial charge on any atom is -0.493 e. The molecule has 3 aromatic rings. The first-order valence-electron chi connectivity index (χ1n) is 9.99. The average Bonchev–Trinajstić information content (AvgIpc) is 3.54. The van der Waals surface area contributed by atoms with Crippen molar-refractivity contribution in [2.24, 2.45) is 11.8 Å². The van der Waals surface area contributed by atoms with Crippen LogP contribution in [-0.2, 0) is 4.79 Å². The zero-order valence-electron chi connectivity index (χ0n) is 17.2. The highest BCUT2D eigenvalue weighted by atomic mass is 19.1. The molecule has 1 saturated carbocycles. The molecule has 0 aromatic heterocycles. The van der Waals surface area contributed by atoms with Gasteiger partial charge in [-0.15, -0.1) is 0 Å². The Bertz CT molecular complexity index is 1110. The van der Waals surface area contributed by atoms with Crippen LogP contribution in [0.5, 0.6) is 23.0 Å². The lowest BCUT2D eigenvalue weighted by Crippen LogP contribution is -2.05. The third-order valence-electron chi connectivity index (χ3n) is 5.34. The Morgan fingerprint density at radius 3 is 2.52 bits per heavy atom. The van der Waals surface area contributed by atoms with Crippen LogP contribution < -0.4 is 14.2 Å². The Labute approximate surface area is 179 Å². The van der Waals surface area contributed by atoms with Crippen molar-refractivity contribution in [3.63, 3.8) is 0 Å². The summed E-state index contributed by atoms with van der Waals surface area (Å²) in [7, 11) is 1.52. The van der Waals surface area contributed by atoms with Gasteiger partial charge < -0.3 is 14.2 Å². The Morgan fingerprint density at radius 1 is 1.00 bits per heavy atom. The zero-order valence-corrected chi connectivity index (χ0v) is 17.2. The van der Waals surface area contributed by atoms with Crippen molar-refractivity contribution in [3.05, 3.63) is 72.3 Å². The molecular formula is C25H22F2O4. The molecule has 0 N–H and O–H groups in total. The summed E-state index contributed by atoms with van der Waals surface area (Å²) >= 11 is 0. The third-order valence-corrected chi connectivity index (χ3v) is 5.34. The lowest BCUT2D eigenvalue weighted by molar-refractivity contribution is -0.118. The van der Waals surface area contributed by atoms with Gasteiger partial charge in [-0.05, 0) is 61.4 Å². The van der Waals surface area contributed by atoms with Crippen LogP contribution in [0.15, 0.2) is 60.7 Å². The van der Waals surface area contributed by atoms with Gasteiger partial charge in [-0.25, -0.2) is 8.78 Å². The summed E-state index contributed by atoms with van der Waals surface area (Å²) in [4.78, 5) is 11.4. The number of hydrogen-bond acceptors (Lipinski definition) is 4. The molecule has 0 saturated heterocycles. The van der Waals surface area contributed by atoms with Gasteiger partial charge >= 0.3 is 0 Å². The minimum atomic E-state index is -0.426. The van der Waals surface area contributed by atoms with E-state index in [0.29, 0.717) is 40.7 Å². The summed E-state index contributed by atoms with van der Waals surface area (Å²) in [5.41, 5.74) is 0.900. The highest BCUT2D eigenvalue weighted by Crippen LogP contribution is 2.41. The minimum absolute atomic E-state index is 0.0835. The zero-order chi connectivity index (χ0) is 22.0. The predicted octanol–water partition coefficient (Wildman–Crippen LogP) is 6.04. The molecule has 0 radical (unpaired) electrons. The van der Waals surface area contributed by atoms with Crippen molar-refractivity contribution in [2.75, 3.05) is 13.7 Å². The second kappa shape index (κ2) is 8.76. The molecule has 0 aliphatic heterocycles. The van der Waals surface area contributed by atoms with Gasteiger partial charge in [0.1, 0.15) is 28.9 Å². The van der Waals surface area contributed by atoms with Crippen molar-refractivity contribution in [1.82, 2.24) is 0 Å². The van der Waals surface area contributed by atoms with Gasteiger partial charge in [0.15, 0.2) is 11.5 Å². The first-order chi connectivity index (χ1) is 14.9. The molecule has 0 amide bonds. The molecule has 0 spiro atoms. The number of hydrogen-bond donors (Lipinski definition) is 0. The van der Waals surface area contributed by atoms with Gasteiger partial charge in [-0.1, -0.05) is 12.1 Å². The van der Waals surface area contributed by atoms with Crippen molar-refractivity contribution in [1.29, 1.82) is 0 Å². The Kier molecular flexibility index (Phi) is 5.89. The number of ketones is 1. The molecule has 2 atom stereocenters. The Hall–Kier alpha value is -3.41.